The fourth-order valence-corrected chi connectivity index (χ4v) is 5.09. The van der Waals surface area contributed by atoms with E-state index < -0.39 is 0 Å². The van der Waals surface area contributed by atoms with Crippen LogP contribution >= 0.6 is 12.2 Å². The molecule has 1 aliphatic heterocycles. The average molecular weight is 279 g/mol. The van der Waals surface area contributed by atoms with Crippen LogP contribution in [0.25, 0.3) is 0 Å². The Kier molecular flexibility index (Phi) is 4.65. The number of likely N-dealkylation sites (tertiary alicyclic amines) is 1. The number of fused-ring (bicyclic) bond motifs is 1. The van der Waals surface area contributed by atoms with E-state index in [4.69, 9.17) is 12.2 Å². The van der Waals surface area contributed by atoms with Crippen LogP contribution in [0.3, 0.4) is 0 Å². The molecule has 1 heterocycles. The third kappa shape index (κ3) is 3.17. The first-order valence-electron chi connectivity index (χ1n) is 8.17. The van der Waals surface area contributed by atoms with E-state index in [0.29, 0.717) is 11.4 Å². The summed E-state index contributed by atoms with van der Waals surface area (Å²) in [6, 6.07) is 1.30. The molecule has 108 valence electrons. The van der Waals surface area contributed by atoms with Gasteiger partial charge in [0.2, 0.25) is 0 Å². The van der Waals surface area contributed by atoms with Crippen molar-refractivity contribution in [1.29, 1.82) is 0 Å². The summed E-state index contributed by atoms with van der Waals surface area (Å²) in [5.41, 5.74) is 0. The van der Waals surface area contributed by atoms with Crippen molar-refractivity contribution in [3.63, 3.8) is 0 Å². The van der Waals surface area contributed by atoms with E-state index in [2.05, 4.69) is 40.4 Å². The number of hydrogen-bond acceptors (Lipinski definition) is 1. The zero-order valence-corrected chi connectivity index (χ0v) is 14.2. The van der Waals surface area contributed by atoms with Crippen molar-refractivity contribution in [1.82, 2.24) is 4.90 Å². The quantitative estimate of drug-likeness (QED) is 0.558. The summed E-state index contributed by atoms with van der Waals surface area (Å²) in [4.78, 5) is 3.80. The summed E-state index contributed by atoms with van der Waals surface area (Å²) in [7, 11) is 2.50. The third-order valence-corrected chi connectivity index (χ3v) is 6.00. The predicted molar refractivity (Wildman–Crippen MR) is 90.6 cm³/mol. The molecule has 2 rings (SSSR count). The normalized spacial score (nSPS) is 40.2. The number of nitrogens with zero attached hydrogens (tertiary/aromatic N) is 1. The van der Waals surface area contributed by atoms with Crippen LogP contribution in [0.4, 0.5) is 0 Å². The summed E-state index contributed by atoms with van der Waals surface area (Å²) in [5, 5.41) is 0.553. The topological polar surface area (TPSA) is 3.24 Å². The second kappa shape index (κ2) is 5.75. The molecule has 0 aromatic carbocycles. The highest BCUT2D eigenvalue weighted by atomic mass is 32.1. The van der Waals surface area contributed by atoms with Crippen LogP contribution in [-0.4, -0.2) is 29.8 Å². The fraction of sp³-hybridized carbons (Fsp3) is 0.938. The third-order valence-electron chi connectivity index (χ3n) is 5.63. The van der Waals surface area contributed by atoms with Crippen molar-refractivity contribution in [2.45, 2.75) is 83.6 Å². The van der Waals surface area contributed by atoms with Crippen LogP contribution in [0.15, 0.2) is 0 Å². The maximum absolute atomic E-state index is 5.67. The van der Waals surface area contributed by atoms with Gasteiger partial charge in [-0.1, -0.05) is 50.6 Å². The molecule has 1 saturated heterocycles. The molecule has 19 heavy (non-hydrogen) atoms. The van der Waals surface area contributed by atoms with Gasteiger partial charge in [0, 0.05) is 18.5 Å². The molecule has 0 aromatic heterocycles. The lowest BCUT2D eigenvalue weighted by molar-refractivity contribution is 0.168. The smallest absolute Gasteiger partial charge is 0.109 e. The van der Waals surface area contributed by atoms with E-state index in [1.807, 2.05) is 0 Å². The van der Waals surface area contributed by atoms with Crippen molar-refractivity contribution in [3.8, 4) is 0 Å². The van der Waals surface area contributed by atoms with Gasteiger partial charge < -0.3 is 4.90 Å². The van der Waals surface area contributed by atoms with Crippen LogP contribution in [0.5, 0.6) is 0 Å². The summed E-state index contributed by atoms with van der Waals surface area (Å²) in [6.45, 7) is 9.43. The van der Waals surface area contributed by atoms with Gasteiger partial charge >= 0.3 is 0 Å². The maximum atomic E-state index is 5.67. The Bertz CT molecular complexity index is 344. The molecule has 0 aromatic rings. The van der Waals surface area contributed by atoms with Crippen molar-refractivity contribution in [2.24, 2.45) is 11.8 Å². The van der Waals surface area contributed by atoms with E-state index in [0.717, 1.165) is 17.9 Å². The van der Waals surface area contributed by atoms with Crippen molar-refractivity contribution >= 4 is 25.1 Å². The van der Waals surface area contributed by atoms with Gasteiger partial charge in [-0.2, -0.15) is 0 Å². The Morgan fingerprint density at radius 1 is 1.47 bits per heavy atom. The SMILES string of the molecule is BC1(CC)CCC2C(CC(=S)N2C(C)C)CC(C)C1. The second-order valence-electron chi connectivity index (χ2n) is 7.67. The van der Waals surface area contributed by atoms with E-state index in [1.54, 1.807) is 0 Å². The minimum absolute atomic E-state index is 0.553. The summed E-state index contributed by atoms with van der Waals surface area (Å²) < 4.78 is 0. The lowest BCUT2D eigenvalue weighted by atomic mass is 9.57. The highest BCUT2D eigenvalue weighted by Crippen LogP contribution is 2.47. The largest absolute Gasteiger partial charge is 0.360 e. The van der Waals surface area contributed by atoms with Gasteiger partial charge in [-0.25, -0.2) is 0 Å². The van der Waals surface area contributed by atoms with Crippen LogP contribution < -0.4 is 0 Å². The molecular weight excluding hydrogens is 249 g/mol. The molecule has 0 N–H and O–H groups in total. The molecule has 2 aliphatic rings. The molecule has 1 aliphatic carbocycles. The van der Waals surface area contributed by atoms with E-state index in [9.17, 15) is 0 Å². The predicted octanol–water partition coefficient (Wildman–Crippen LogP) is 3.82. The van der Waals surface area contributed by atoms with Gasteiger partial charge in [0.1, 0.15) is 7.85 Å². The van der Waals surface area contributed by atoms with E-state index >= 15 is 0 Å². The Hall–Kier alpha value is -0.0451. The molecule has 4 unspecified atom stereocenters. The molecule has 1 nitrogen and oxygen atoms in total. The summed E-state index contributed by atoms with van der Waals surface area (Å²) >= 11 is 5.67. The highest BCUT2D eigenvalue weighted by Gasteiger charge is 2.42. The van der Waals surface area contributed by atoms with E-state index in [1.165, 1.54) is 43.5 Å². The van der Waals surface area contributed by atoms with Gasteiger partial charge in [-0.3, -0.25) is 0 Å². The summed E-state index contributed by atoms with van der Waals surface area (Å²) in [6.07, 6.45) is 8.00. The fourth-order valence-electron chi connectivity index (χ4n) is 4.52. The molecule has 1 saturated carbocycles. The molecule has 4 atom stereocenters. The molecule has 2 fully saturated rings. The van der Waals surface area contributed by atoms with Gasteiger partial charge in [0.25, 0.3) is 0 Å². The lowest BCUT2D eigenvalue weighted by Gasteiger charge is -2.40. The Balaban J connectivity index is 2.18. The number of hydrogen-bond donors (Lipinski definition) is 0. The van der Waals surface area contributed by atoms with Crippen LogP contribution in [0, 0.1) is 11.8 Å². The van der Waals surface area contributed by atoms with Crippen LogP contribution in [-0.2, 0) is 0 Å². The molecule has 0 spiro atoms. The Morgan fingerprint density at radius 2 is 2.16 bits per heavy atom. The zero-order valence-electron chi connectivity index (χ0n) is 13.4. The molecule has 0 amide bonds. The molecular formula is C16H30BNS. The van der Waals surface area contributed by atoms with Gasteiger partial charge in [0.15, 0.2) is 0 Å². The van der Waals surface area contributed by atoms with Gasteiger partial charge in [0.05, 0.1) is 4.99 Å². The van der Waals surface area contributed by atoms with Crippen molar-refractivity contribution in [2.75, 3.05) is 0 Å². The van der Waals surface area contributed by atoms with Gasteiger partial charge in [-0.15, -0.1) is 0 Å². The van der Waals surface area contributed by atoms with Crippen molar-refractivity contribution < 1.29 is 0 Å². The lowest BCUT2D eigenvalue weighted by Crippen LogP contribution is -2.41. The second-order valence-corrected chi connectivity index (χ2v) is 8.15. The Morgan fingerprint density at radius 3 is 2.74 bits per heavy atom. The molecule has 3 heteroatoms. The average Bonchev–Trinajstić information content (AvgIpc) is 2.60. The first-order chi connectivity index (χ1) is 8.86. The Labute approximate surface area is 125 Å². The molecule has 0 radical (unpaired) electrons. The maximum Gasteiger partial charge on any atom is 0.109 e. The monoisotopic (exact) mass is 279 g/mol. The standard InChI is InChI=1S/C16H30BNS/c1-5-16(17)7-6-14-13(8-12(4)10-16)9-15(19)18(14)11(2)3/h11-14H,5-10,17H2,1-4H3. The minimum Gasteiger partial charge on any atom is -0.360 e. The number of thiocarbonyl (C=S) groups is 1. The first-order valence-corrected chi connectivity index (χ1v) is 8.58. The summed E-state index contributed by atoms with van der Waals surface area (Å²) in [5.74, 6) is 1.68. The van der Waals surface area contributed by atoms with Crippen LogP contribution in [0.1, 0.15) is 66.2 Å². The highest BCUT2D eigenvalue weighted by molar-refractivity contribution is 7.80. The molecule has 0 bridgehead atoms. The zero-order chi connectivity index (χ0) is 14.2. The van der Waals surface area contributed by atoms with Gasteiger partial charge in [-0.05, 0) is 38.5 Å². The number of rotatable bonds is 2. The minimum atomic E-state index is 0.553. The van der Waals surface area contributed by atoms with Crippen LogP contribution in [0.2, 0.25) is 5.31 Å². The van der Waals surface area contributed by atoms with E-state index in [-0.39, 0.29) is 0 Å². The first kappa shape index (κ1) is 15.3. The van der Waals surface area contributed by atoms with Crippen molar-refractivity contribution in [3.05, 3.63) is 0 Å².